The molecule has 2 aromatic carbocycles. The van der Waals surface area contributed by atoms with E-state index in [0.29, 0.717) is 10.7 Å². The molecule has 3 N–H and O–H groups in total. The average molecular weight is 222 g/mol. The molecule has 0 fully saturated rings. The second-order valence-electron chi connectivity index (χ2n) is 3.24. The number of carboxylic acids is 1. The van der Waals surface area contributed by atoms with Gasteiger partial charge in [-0.15, -0.1) is 0 Å². The molecule has 0 saturated carbocycles. The van der Waals surface area contributed by atoms with Gasteiger partial charge in [0.25, 0.3) is 0 Å². The van der Waals surface area contributed by atoms with Crippen molar-refractivity contribution in [3.05, 3.63) is 40.9 Å². The Hall–Kier alpha value is -1.74. The van der Waals surface area contributed by atoms with Gasteiger partial charge in [0.1, 0.15) is 0 Å². The smallest absolute Gasteiger partial charge is 0.335 e. The Labute approximate surface area is 91.1 Å². The normalized spacial score (nSPS) is 10.5. The van der Waals surface area contributed by atoms with E-state index < -0.39 is 5.97 Å². The van der Waals surface area contributed by atoms with Crippen molar-refractivity contribution in [3.63, 3.8) is 0 Å². The molecule has 0 radical (unpaired) electrons. The number of hydrogen-bond acceptors (Lipinski definition) is 2. The van der Waals surface area contributed by atoms with Crippen LogP contribution in [0.3, 0.4) is 0 Å². The first kappa shape index (κ1) is 9.80. The molecule has 0 aliphatic carbocycles. The van der Waals surface area contributed by atoms with Crippen molar-refractivity contribution in [2.24, 2.45) is 0 Å². The van der Waals surface area contributed by atoms with Crippen molar-refractivity contribution < 1.29 is 9.90 Å². The van der Waals surface area contributed by atoms with Crippen LogP contribution in [0, 0.1) is 0 Å². The van der Waals surface area contributed by atoms with Crippen LogP contribution in [0.5, 0.6) is 0 Å². The van der Waals surface area contributed by atoms with Gasteiger partial charge in [0.15, 0.2) is 0 Å². The monoisotopic (exact) mass is 221 g/mol. The van der Waals surface area contributed by atoms with E-state index in [9.17, 15) is 4.79 Å². The number of nitrogens with two attached hydrogens (primary N) is 1. The highest BCUT2D eigenvalue weighted by atomic mass is 35.5. The van der Waals surface area contributed by atoms with Gasteiger partial charge in [-0.1, -0.05) is 17.7 Å². The van der Waals surface area contributed by atoms with Crippen LogP contribution in [0.1, 0.15) is 10.4 Å². The molecule has 0 amide bonds. The summed E-state index contributed by atoms with van der Waals surface area (Å²) in [6, 6.07) is 8.20. The Balaban J connectivity index is 2.79. The maximum Gasteiger partial charge on any atom is 0.335 e. The molecule has 0 aliphatic rings. The highest BCUT2D eigenvalue weighted by molar-refractivity contribution is 6.36. The van der Waals surface area contributed by atoms with E-state index in [1.807, 2.05) is 0 Å². The molecule has 4 heteroatoms. The minimum absolute atomic E-state index is 0.165. The van der Waals surface area contributed by atoms with Crippen molar-refractivity contribution in [2.75, 3.05) is 5.73 Å². The maximum absolute atomic E-state index is 10.8. The van der Waals surface area contributed by atoms with E-state index in [-0.39, 0.29) is 5.56 Å². The number of nitrogen functional groups attached to an aromatic ring is 1. The number of benzene rings is 2. The second-order valence-corrected chi connectivity index (χ2v) is 3.65. The van der Waals surface area contributed by atoms with Crippen molar-refractivity contribution in [1.29, 1.82) is 0 Å². The number of aromatic carboxylic acids is 1. The molecule has 0 spiro atoms. The minimum Gasteiger partial charge on any atom is -0.478 e. The van der Waals surface area contributed by atoms with Crippen LogP contribution in [0.4, 0.5) is 5.69 Å². The molecular formula is C11H8ClNO2. The first-order valence-corrected chi connectivity index (χ1v) is 4.68. The van der Waals surface area contributed by atoms with E-state index in [1.54, 1.807) is 24.3 Å². The molecule has 3 nitrogen and oxygen atoms in total. The number of rotatable bonds is 1. The van der Waals surface area contributed by atoms with E-state index in [1.165, 1.54) is 6.07 Å². The third-order valence-electron chi connectivity index (χ3n) is 2.17. The van der Waals surface area contributed by atoms with Gasteiger partial charge in [-0.05, 0) is 29.7 Å². The number of anilines is 1. The van der Waals surface area contributed by atoms with Crippen molar-refractivity contribution in [3.8, 4) is 0 Å². The maximum atomic E-state index is 10.8. The molecule has 2 rings (SSSR count). The number of carbonyl (C=O) groups is 1. The molecular weight excluding hydrogens is 214 g/mol. The highest BCUT2D eigenvalue weighted by Gasteiger charge is 2.07. The standard InChI is InChI=1S/C11H8ClNO2/c12-10-5-7(11(14)15)3-6-4-8(13)1-2-9(6)10/h1-5H,13H2,(H,14,15). The van der Waals surface area contributed by atoms with Crippen LogP contribution in [-0.2, 0) is 0 Å². The molecule has 0 aliphatic heterocycles. The third kappa shape index (κ3) is 1.74. The Morgan fingerprint density at radius 2 is 2.00 bits per heavy atom. The van der Waals surface area contributed by atoms with Crippen molar-refractivity contribution in [2.45, 2.75) is 0 Å². The Morgan fingerprint density at radius 1 is 1.27 bits per heavy atom. The predicted octanol–water partition coefficient (Wildman–Crippen LogP) is 2.77. The molecule has 0 unspecified atom stereocenters. The zero-order valence-electron chi connectivity index (χ0n) is 7.70. The Bertz CT molecular complexity index is 552. The number of hydrogen-bond donors (Lipinski definition) is 2. The molecule has 76 valence electrons. The Morgan fingerprint density at radius 3 is 2.67 bits per heavy atom. The van der Waals surface area contributed by atoms with Gasteiger partial charge in [0, 0.05) is 16.1 Å². The molecule has 0 bridgehead atoms. The summed E-state index contributed by atoms with van der Waals surface area (Å²) in [5.74, 6) is -0.999. The molecule has 2 aromatic rings. The lowest BCUT2D eigenvalue weighted by Gasteiger charge is -2.03. The summed E-state index contributed by atoms with van der Waals surface area (Å²) in [5.41, 5.74) is 6.36. The number of fused-ring (bicyclic) bond motifs is 1. The first-order valence-electron chi connectivity index (χ1n) is 4.30. The SMILES string of the molecule is Nc1ccc2c(Cl)cc(C(=O)O)cc2c1. The fraction of sp³-hybridized carbons (Fsp3) is 0. The number of carboxylic acid groups (broad SMARTS) is 1. The second kappa shape index (κ2) is 3.44. The largest absolute Gasteiger partial charge is 0.478 e. The summed E-state index contributed by atoms with van der Waals surface area (Å²) >= 11 is 5.95. The summed E-state index contributed by atoms with van der Waals surface area (Å²) in [5, 5.41) is 10.8. The van der Waals surface area contributed by atoms with Crippen LogP contribution < -0.4 is 5.73 Å². The van der Waals surface area contributed by atoms with Crippen LogP contribution in [0.2, 0.25) is 5.02 Å². The lowest BCUT2D eigenvalue weighted by Crippen LogP contribution is -1.96. The lowest BCUT2D eigenvalue weighted by atomic mass is 10.1. The summed E-state index contributed by atoms with van der Waals surface area (Å²) in [7, 11) is 0. The predicted molar refractivity (Wildman–Crippen MR) is 60.3 cm³/mol. The van der Waals surface area contributed by atoms with Crippen LogP contribution in [-0.4, -0.2) is 11.1 Å². The average Bonchev–Trinajstić information content (AvgIpc) is 2.16. The van der Waals surface area contributed by atoms with Gasteiger partial charge in [-0.2, -0.15) is 0 Å². The molecule has 0 heterocycles. The van der Waals surface area contributed by atoms with Crippen LogP contribution in [0.25, 0.3) is 10.8 Å². The number of halogens is 1. The lowest BCUT2D eigenvalue weighted by molar-refractivity contribution is 0.0697. The topological polar surface area (TPSA) is 63.3 Å². The zero-order chi connectivity index (χ0) is 11.0. The van der Waals surface area contributed by atoms with Crippen LogP contribution in [0.15, 0.2) is 30.3 Å². The van der Waals surface area contributed by atoms with Gasteiger partial charge in [-0.3, -0.25) is 0 Å². The minimum atomic E-state index is -0.999. The zero-order valence-corrected chi connectivity index (χ0v) is 8.45. The fourth-order valence-corrected chi connectivity index (χ4v) is 1.75. The van der Waals surface area contributed by atoms with E-state index in [0.717, 1.165) is 10.8 Å². The molecule has 0 aromatic heterocycles. The van der Waals surface area contributed by atoms with Crippen molar-refractivity contribution in [1.82, 2.24) is 0 Å². The molecule has 0 atom stereocenters. The third-order valence-corrected chi connectivity index (χ3v) is 2.49. The van der Waals surface area contributed by atoms with Gasteiger partial charge < -0.3 is 10.8 Å². The first-order chi connectivity index (χ1) is 7.08. The van der Waals surface area contributed by atoms with Gasteiger partial charge in [-0.25, -0.2) is 4.79 Å². The van der Waals surface area contributed by atoms with Gasteiger partial charge in [0.05, 0.1) is 5.56 Å². The quantitative estimate of drug-likeness (QED) is 0.728. The Kier molecular flexibility index (Phi) is 2.25. The summed E-state index contributed by atoms with van der Waals surface area (Å²) in [4.78, 5) is 10.8. The summed E-state index contributed by atoms with van der Waals surface area (Å²) in [6.45, 7) is 0. The fourth-order valence-electron chi connectivity index (χ4n) is 1.47. The van der Waals surface area contributed by atoms with Gasteiger partial charge in [0.2, 0.25) is 0 Å². The van der Waals surface area contributed by atoms with E-state index >= 15 is 0 Å². The van der Waals surface area contributed by atoms with Gasteiger partial charge >= 0.3 is 5.97 Å². The summed E-state index contributed by atoms with van der Waals surface area (Å²) in [6.07, 6.45) is 0. The van der Waals surface area contributed by atoms with Crippen molar-refractivity contribution >= 4 is 34.0 Å². The molecule has 0 saturated heterocycles. The molecule has 15 heavy (non-hydrogen) atoms. The van der Waals surface area contributed by atoms with E-state index in [4.69, 9.17) is 22.4 Å². The van der Waals surface area contributed by atoms with Crippen LogP contribution >= 0.6 is 11.6 Å². The highest BCUT2D eigenvalue weighted by Crippen LogP contribution is 2.27. The summed E-state index contributed by atoms with van der Waals surface area (Å²) < 4.78 is 0. The van der Waals surface area contributed by atoms with E-state index in [2.05, 4.69) is 0 Å².